The molecule has 5 rings (SSSR count). The highest BCUT2D eigenvalue weighted by Gasteiger charge is 2.39. The van der Waals surface area contributed by atoms with Crippen molar-refractivity contribution >= 4 is 30.3 Å². The zero-order valence-electron chi connectivity index (χ0n) is 20.2. The molecule has 2 atom stereocenters. The van der Waals surface area contributed by atoms with Crippen LogP contribution in [0, 0.1) is 0 Å². The molecule has 1 fully saturated rings. The van der Waals surface area contributed by atoms with Crippen LogP contribution in [0.3, 0.4) is 0 Å². The molecule has 35 heavy (non-hydrogen) atoms. The topological polar surface area (TPSA) is 70.2 Å². The van der Waals surface area contributed by atoms with Crippen molar-refractivity contribution in [1.82, 2.24) is 14.7 Å². The van der Waals surface area contributed by atoms with E-state index in [1.54, 1.807) is 38.4 Å². The van der Waals surface area contributed by atoms with Crippen LogP contribution < -0.4 is 4.74 Å². The van der Waals surface area contributed by atoms with Gasteiger partial charge in [-0.3, -0.25) is 19.4 Å². The number of nitrogens with zero attached hydrogens (tertiary/aromatic N) is 3. The third-order valence-electron chi connectivity index (χ3n) is 7.44. The van der Waals surface area contributed by atoms with E-state index in [1.807, 2.05) is 12.1 Å². The van der Waals surface area contributed by atoms with Gasteiger partial charge in [-0.15, -0.1) is 12.4 Å². The first-order valence-corrected chi connectivity index (χ1v) is 12.2. The van der Waals surface area contributed by atoms with Crippen LogP contribution in [0.25, 0.3) is 0 Å². The van der Waals surface area contributed by atoms with E-state index in [-0.39, 0.29) is 30.3 Å². The van der Waals surface area contributed by atoms with E-state index < -0.39 is 0 Å². The molecule has 0 unspecified atom stereocenters. The number of amides is 3. The number of imide groups is 1. The first-order chi connectivity index (χ1) is 16.5. The molecule has 1 aliphatic carbocycles. The van der Waals surface area contributed by atoms with Crippen LogP contribution in [-0.2, 0) is 6.42 Å². The third kappa shape index (κ3) is 4.67. The number of ether oxygens (including phenoxy) is 1. The molecule has 8 heteroatoms. The van der Waals surface area contributed by atoms with Crippen LogP contribution in [0.15, 0.2) is 42.5 Å². The largest absolute Gasteiger partial charge is 0.414 e. The number of likely N-dealkylation sites (tertiary alicyclic amines) is 1. The van der Waals surface area contributed by atoms with Gasteiger partial charge in [-0.05, 0) is 74.5 Å². The van der Waals surface area contributed by atoms with Crippen molar-refractivity contribution in [3.8, 4) is 5.75 Å². The Balaban J connectivity index is 0.00000289. The molecule has 3 aliphatic rings. The molecule has 2 aromatic rings. The molecule has 0 aromatic heterocycles. The standard InChI is InChI=1S/C27H31N3O4.ClH/c1-28(2)27(33)34-24-11-7-10-18-19-14-17-29(23(19)13-12-20(18)24)15-5-6-16-30-25(31)21-8-3-4-9-22(21)26(30)32;/h3-4,7-11,19,23H,5-6,12-17H2,1-2H3;1H/t19-,23+;/m1./s1. The lowest BCUT2D eigenvalue weighted by Crippen LogP contribution is -2.36. The average Bonchev–Trinajstić information content (AvgIpc) is 3.36. The lowest BCUT2D eigenvalue weighted by molar-refractivity contribution is 0.0649. The van der Waals surface area contributed by atoms with Crippen LogP contribution in [0.1, 0.15) is 63.4 Å². The van der Waals surface area contributed by atoms with Crippen molar-refractivity contribution in [2.24, 2.45) is 0 Å². The summed E-state index contributed by atoms with van der Waals surface area (Å²) in [6, 6.07) is 13.6. The fourth-order valence-electron chi connectivity index (χ4n) is 5.74. The molecule has 3 amide bonds. The number of hydrogen-bond acceptors (Lipinski definition) is 5. The van der Waals surface area contributed by atoms with E-state index in [1.165, 1.54) is 20.9 Å². The van der Waals surface area contributed by atoms with Gasteiger partial charge in [0, 0.05) is 32.6 Å². The van der Waals surface area contributed by atoms with Gasteiger partial charge in [0.05, 0.1) is 11.1 Å². The summed E-state index contributed by atoms with van der Waals surface area (Å²) in [7, 11) is 3.38. The Kier molecular flexibility index (Phi) is 7.47. The molecule has 0 spiro atoms. The summed E-state index contributed by atoms with van der Waals surface area (Å²) in [5, 5.41) is 0. The maximum Gasteiger partial charge on any atom is 0.414 e. The van der Waals surface area contributed by atoms with Gasteiger partial charge >= 0.3 is 6.09 Å². The lowest BCUT2D eigenvalue weighted by Gasteiger charge is -2.34. The Morgan fingerprint density at radius 1 is 0.971 bits per heavy atom. The van der Waals surface area contributed by atoms with E-state index in [9.17, 15) is 14.4 Å². The SMILES string of the molecule is CN(C)C(=O)Oc1cccc2c1CC[C@H]1[C@@H]2CCN1CCCCN1C(=O)c2ccccc2C1=O.Cl. The van der Waals surface area contributed by atoms with E-state index in [4.69, 9.17) is 4.74 Å². The van der Waals surface area contributed by atoms with Gasteiger partial charge in [0.1, 0.15) is 5.75 Å². The molecule has 2 aliphatic heterocycles. The number of carbonyl (C=O) groups excluding carboxylic acids is 3. The Hall–Kier alpha value is -2.90. The van der Waals surface area contributed by atoms with Gasteiger partial charge in [0.2, 0.25) is 0 Å². The highest BCUT2D eigenvalue weighted by molar-refractivity contribution is 6.21. The van der Waals surface area contributed by atoms with Crippen molar-refractivity contribution in [2.45, 2.75) is 44.1 Å². The smallest absolute Gasteiger partial charge is 0.410 e. The zero-order chi connectivity index (χ0) is 23.8. The van der Waals surface area contributed by atoms with Crippen LogP contribution in [0.2, 0.25) is 0 Å². The van der Waals surface area contributed by atoms with Crippen molar-refractivity contribution in [3.63, 3.8) is 0 Å². The molecule has 2 aromatic carbocycles. The number of rotatable bonds is 6. The molecule has 0 saturated carbocycles. The molecule has 0 bridgehead atoms. The molecular formula is C27H32ClN3O4. The Morgan fingerprint density at radius 3 is 2.34 bits per heavy atom. The predicted molar refractivity (Wildman–Crippen MR) is 135 cm³/mol. The molecule has 1 saturated heterocycles. The fraction of sp³-hybridized carbons (Fsp3) is 0.444. The van der Waals surface area contributed by atoms with Gasteiger partial charge in [-0.1, -0.05) is 24.3 Å². The summed E-state index contributed by atoms with van der Waals surface area (Å²) < 4.78 is 5.63. The number of fused-ring (bicyclic) bond motifs is 4. The summed E-state index contributed by atoms with van der Waals surface area (Å²) in [5.41, 5.74) is 3.53. The molecule has 186 valence electrons. The molecule has 7 nitrogen and oxygen atoms in total. The first-order valence-electron chi connectivity index (χ1n) is 12.2. The van der Waals surface area contributed by atoms with E-state index in [2.05, 4.69) is 11.0 Å². The third-order valence-corrected chi connectivity index (χ3v) is 7.44. The molecule has 0 radical (unpaired) electrons. The molecule has 0 N–H and O–H groups in total. The number of carbonyl (C=O) groups is 3. The maximum atomic E-state index is 12.6. The number of halogens is 1. The minimum absolute atomic E-state index is 0. The monoisotopic (exact) mass is 497 g/mol. The van der Waals surface area contributed by atoms with Crippen molar-refractivity contribution in [2.75, 3.05) is 33.7 Å². The normalized spacial score (nSPS) is 20.7. The maximum absolute atomic E-state index is 12.6. The fourth-order valence-corrected chi connectivity index (χ4v) is 5.74. The summed E-state index contributed by atoms with van der Waals surface area (Å²) >= 11 is 0. The van der Waals surface area contributed by atoms with Gasteiger partial charge < -0.3 is 9.64 Å². The lowest BCUT2D eigenvalue weighted by atomic mass is 9.79. The van der Waals surface area contributed by atoms with Crippen molar-refractivity contribution in [1.29, 1.82) is 0 Å². The van der Waals surface area contributed by atoms with Crippen molar-refractivity contribution in [3.05, 3.63) is 64.7 Å². The number of benzene rings is 2. The Morgan fingerprint density at radius 2 is 1.66 bits per heavy atom. The highest BCUT2D eigenvalue weighted by Crippen LogP contribution is 2.44. The van der Waals surface area contributed by atoms with E-state index in [0.29, 0.717) is 35.4 Å². The summed E-state index contributed by atoms with van der Waals surface area (Å²) in [4.78, 5) is 42.6. The highest BCUT2D eigenvalue weighted by atomic mass is 35.5. The summed E-state index contributed by atoms with van der Waals surface area (Å²) in [6.07, 6.45) is 4.46. The van der Waals surface area contributed by atoms with Crippen LogP contribution in [-0.4, -0.2) is 72.4 Å². The molecule has 2 heterocycles. The Bertz CT molecular complexity index is 1100. The zero-order valence-corrected chi connectivity index (χ0v) is 21.1. The second-order valence-electron chi connectivity index (χ2n) is 9.64. The van der Waals surface area contributed by atoms with Gasteiger partial charge in [0.15, 0.2) is 0 Å². The van der Waals surface area contributed by atoms with E-state index in [0.717, 1.165) is 45.2 Å². The van der Waals surface area contributed by atoms with Crippen LogP contribution >= 0.6 is 12.4 Å². The van der Waals surface area contributed by atoms with Gasteiger partial charge in [0.25, 0.3) is 11.8 Å². The molecular weight excluding hydrogens is 466 g/mol. The second kappa shape index (κ2) is 10.4. The van der Waals surface area contributed by atoms with Gasteiger partial charge in [-0.25, -0.2) is 4.79 Å². The van der Waals surface area contributed by atoms with E-state index >= 15 is 0 Å². The van der Waals surface area contributed by atoms with Crippen LogP contribution in [0.5, 0.6) is 5.75 Å². The van der Waals surface area contributed by atoms with Gasteiger partial charge in [-0.2, -0.15) is 0 Å². The minimum Gasteiger partial charge on any atom is -0.410 e. The number of unbranched alkanes of at least 4 members (excludes halogenated alkanes) is 1. The predicted octanol–water partition coefficient (Wildman–Crippen LogP) is 4.35. The minimum atomic E-state index is -0.346. The van der Waals surface area contributed by atoms with Crippen LogP contribution in [0.4, 0.5) is 4.79 Å². The summed E-state index contributed by atoms with van der Waals surface area (Å²) in [5.74, 6) is 0.806. The Labute approximate surface area is 212 Å². The quantitative estimate of drug-likeness (QED) is 0.438. The second-order valence-corrected chi connectivity index (χ2v) is 9.64. The summed E-state index contributed by atoms with van der Waals surface area (Å²) in [6.45, 7) is 2.48. The number of hydrogen-bond donors (Lipinski definition) is 0. The van der Waals surface area contributed by atoms with Crippen molar-refractivity contribution < 1.29 is 19.1 Å². The average molecular weight is 498 g/mol. The first kappa shape index (κ1) is 25.2.